The number of ether oxygens (including phenoxy) is 1. The van der Waals surface area contributed by atoms with Crippen LogP contribution in [0.25, 0.3) is 0 Å². The van der Waals surface area contributed by atoms with Gasteiger partial charge in [0.05, 0.1) is 0 Å². The first-order valence-electron chi connectivity index (χ1n) is 10.2. The average Bonchev–Trinajstić information content (AvgIpc) is 2.91. The first-order chi connectivity index (χ1) is 12.7. The standard InChI is InChI=1S/C21H33FN2O2/c22-19-8-12-24(13-9-19)15-18-6-5-7-21(14-18)26-17-20(25)16-23-10-3-1-2-4-11-23/h5-7,14,19-20,25H,1-4,8-13,15-17H2/t20-/m1/s1. The van der Waals surface area contributed by atoms with Crippen molar-refractivity contribution < 1.29 is 14.2 Å². The summed E-state index contributed by atoms with van der Waals surface area (Å²) in [5, 5.41) is 10.3. The Balaban J connectivity index is 1.42. The van der Waals surface area contributed by atoms with E-state index in [4.69, 9.17) is 4.74 Å². The van der Waals surface area contributed by atoms with Crippen molar-refractivity contribution in [1.29, 1.82) is 0 Å². The van der Waals surface area contributed by atoms with Crippen LogP contribution in [0.15, 0.2) is 24.3 Å². The van der Waals surface area contributed by atoms with Crippen LogP contribution in [0.3, 0.4) is 0 Å². The van der Waals surface area contributed by atoms with E-state index in [-0.39, 0.29) is 0 Å². The molecule has 1 aromatic carbocycles. The SMILES string of the molecule is O[C@@H](COc1cccc(CN2CCC(F)CC2)c1)CN1CCCCCC1. The average molecular weight is 365 g/mol. The Bertz CT molecular complexity index is 526. The number of alkyl halides is 1. The molecule has 4 nitrogen and oxygen atoms in total. The van der Waals surface area contributed by atoms with Gasteiger partial charge in [-0.1, -0.05) is 25.0 Å². The van der Waals surface area contributed by atoms with E-state index in [0.717, 1.165) is 38.5 Å². The second-order valence-electron chi connectivity index (χ2n) is 7.78. The second kappa shape index (κ2) is 10.2. The summed E-state index contributed by atoms with van der Waals surface area (Å²) in [6.07, 6.45) is 5.26. The molecule has 3 rings (SSSR count). The van der Waals surface area contributed by atoms with Crippen LogP contribution in [0.5, 0.6) is 5.75 Å². The van der Waals surface area contributed by atoms with Gasteiger partial charge < -0.3 is 14.7 Å². The number of benzene rings is 1. The number of hydrogen-bond acceptors (Lipinski definition) is 4. The molecular weight excluding hydrogens is 331 g/mol. The fourth-order valence-corrected chi connectivity index (χ4v) is 3.91. The third-order valence-corrected chi connectivity index (χ3v) is 5.43. The minimum Gasteiger partial charge on any atom is -0.491 e. The minimum absolute atomic E-state index is 0.327. The number of aliphatic hydroxyl groups excluding tert-OH is 1. The van der Waals surface area contributed by atoms with E-state index in [9.17, 15) is 9.50 Å². The van der Waals surface area contributed by atoms with Gasteiger partial charge in [-0.05, 0) is 56.5 Å². The summed E-state index contributed by atoms with van der Waals surface area (Å²) in [5.74, 6) is 0.804. The molecule has 0 radical (unpaired) electrons. The highest BCUT2D eigenvalue weighted by atomic mass is 19.1. The molecule has 0 aromatic heterocycles. The molecule has 0 amide bonds. The fourth-order valence-electron chi connectivity index (χ4n) is 3.91. The molecule has 2 saturated heterocycles. The van der Waals surface area contributed by atoms with Gasteiger partial charge in [-0.3, -0.25) is 4.90 Å². The molecule has 5 heteroatoms. The molecule has 1 N–H and O–H groups in total. The quantitative estimate of drug-likeness (QED) is 0.806. The molecule has 0 saturated carbocycles. The molecule has 26 heavy (non-hydrogen) atoms. The predicted octanol–water partition coefficient (Wildman–Crippen LogP) is 3.24. The normalized spacial score (nSPS) is 22.1. The van der Waals surface area contributed by atoms with Crippen molar-refractivity contribution in [3.05, 3.63) is 29.8 Å². The molecule has 0 aliphatic carbocycles. The van der Waals surface area contributed by atoms with Gasteiger partial charge in [0.25, 0.3) is 0 Å². The van der Waals surface area contributed by atoms with Gasteiger partial charge in [0, 0.05) is 26.2 Å². The van der Waals surface area contributed by atoms with E-state index in [1.165, 1.54) is 31.2 Å². The molecule has 146 valence electrons. The van der Waals surface area contributed by atoms with E-state index in [1.807, 2.05) is 18.2 Å². The lowest BCUT2D eigenvalue weighted by molar-refractivity contribution is 0.0693. The van der Waals surface area contributed by atoms with Gasteiger partial charge in [0.15, 0.2) is 0 Å². The zero-order valence-corrected chi connectivity index (χ0v) is 15.8. The lowest BCUT2D eigenvalue weighted by Crippen LogP contribution is -2.36. The van der Waals surface area contributed by atoms with Crippen LogP contribution in [0.2, 0.25) is 0 Å². The van der Waals surface area contributed by atoms with Gasteiger partial charge in [-0.2, -0.15) is 0 Å². The van der Waals surface area contributed by atoms with Crippen molar-refractivity contribution in [2.75, 3.05) is 39.3 Å². The second-order valence-corrected chi connectivity index (χ2v) is 7.78. The Kier molecular flexibility index (Phi) is 7.71. The fraction of sp³-hybridized carbons (Fsp3) is 0.714. The van der Waals surface area contributed by atoms with Crippen molar-refractivity contribution >= 4 is 0 Å². The first-order valence-corrected chi connectivity index (χ1v) is 10.2. The number of β-amino-alcohol motifs (C(OH)–C–C–N with tert-alkyl or cyclic N) is 1. The monoisotopic (exact) mass is 364 g/mol. The van der Waals surface area contributed by atoms with Crippen molar-refractivity contribution in [2.45, 2.75) is 57.3 Å². The zero-order chi connectivity index (χ0) is 18.2. The Labute approximate surface area is 156 Å². The number of rotatable bonds is 7. The van der Waals surface area contributed by atoms with E-state index in [1.54, 1.807) is 0 Å². The van der Waals surface area contributed by atoms with Crippen molar-refractivity contribution in [3.8, 4) is 5.75 Å². The minimum atomic E-state index is -0.633. The molecule has 2 fully saturated rings. The summed E-state index contributed by atoms with van der Waals surface area (Å²) in [5.41, 5.74) is 1.18. The maximum Gasteiger partial charge on any atom is 0.119 e. The molecule has 0 bridgehead atoms. The Morgan fingerprint density at radius 1 is 1.04 bits per heavy atom. The third-order valence-electron chi connectivity index (χ3n) is 5.43. The third kappa shape index (κ3) is 6.53. The number of hydrogen-bond donors (Lipinski definition) is 1. The largest absolute Gasteiger partial charge is 0.491 e. The molecular formula is C21H33FN2O2. The maximum absolute atomic E-state index is 13.3. The Morgan fingerprint density at radius 2 is 1.77 bits per heavy atom. The van der Waals surface area contributed by atoms with Gasteiger partial charge in [0.2, 0.25) is 0 Å². The molecule has 0 spiro atoms. The summed E-state index contributed by atoms with van der Waals surface area (Å²) in [7, 11) is 0. The Hall–Kier alpha value is -1.17. The molecule has 1 atom stereocenters. The van der Waals surface area contributed by atoms with E-state index >= 15 is 0 Å². The van der Waals surface area contributed by atoms with E-state index < -0.39 is 12.3 Å². The van der Waals surface area contributed by atoms with Gasteiger partial charge >= 0.3 is 0 Å². The lowest BCUT2D eigenvalue weighted by Gasteiger charge is -2.28. The number of piperidine rings is 1. The summed E-state index contributed by atoms with van der Waals surface area (Å²) in [4.78, 5) is 4.65. The molecule has 0 unspecified atom stereocenters. The summed E-state index contributed by atoms with van der Waals surface area (Å²) >= 11 is 0. The van der Waals surface area contributed by atoms with Crippen LogP contribution in [0.1, 0.15) is 44.1 Å². The zero-order valence-electron chi connectivity index (χ0n) is 15.8. The van der Waals surface area contributed by atoms with Crippen molar-refractivity contribution in [1.82, 2.24) is 9.80 Å². The Morgan fingerprint density at radius 3 is 2.50 bits per heavy atom. The first kappa shape index (κ1) is 19.6. The summed E-state index contributed by atoms with van der Waals surface area (Å²) in [6, 6.07) is 8.06. The van der Waals surface area contributed by atoms with E-state index in [2.05, 4.69) is 15.9 Å². The van der Waals surface area contributed by atoms with Gasteiger partial charge in [-0.25, -0.2) is 4.39 Å². The van der Waals surface area contributed by atoms with Gasteiger partial charge in [-0.15, -0.1) is 0 Å². The summed E-state index contributed by atoms with van der Waals surface area (Å²) < 4.78 is 19.1. The van der Waals surface area contributed by atoms with Gasteiger partial charge in [0.1, 0.15) is 24.6 Å². The molecule has 2 heterocycles. The highest BCUT2D eigenvalue weighted by molar-refractivity contribution is 5.28. The topological polar surface area (TPSA) is 35.9 Å². The molecule has 2 aliphatic rings. The van der Waals surface area contributed by atoms with Crippen LogP contribution in [0, 0.1) is 0 Å². The van der Waals surface area contributed by atoms with Crippen LogP contribution in [-0.2, 0) is 6.54 Å². The number of nitrogens with zero attached hydrogens (tertiary/aromatic N) is 2. The van der Waals surface area contributed by atoms with Crippen LogP contribution >= 0.6 is 0 Å². The maximum atomic E-state index is 13.3. The van der Waals surface area contributed by atoms with Crippen LogP contribution < -0.4 is 4.74 Å². The lowest BCUT2D eigenvalue weighted by atomic mass is 10.1. The molecule has 1 aromatic rings. The van der Waals surface area contributed by atoms with Crippen molar-refractivity contribution in [2.24, 2.45) is 0 Å². The van der Waals surface area contributed by atoms with E-state index in [0.29, 0.717) is 26.0 Å². The number of halogens is 1. The molecule has 2 aliphatic heterocycles. The summed E-state index contributed by atoms with van der Waals surface area (Å²) in [6.45, 7) is 5.66. The number of aliphatic hydroxyl groups is 1. The highest BCUT2D eigenvalue weighted by Gasteiger charge is 2.18. The smallest absolute Gasteiger partial charge is 0.119 e. The predicted molar refractivity (Wildman–Crippen MR) is 102 cm³/mol. The highest BCUT2D eigenvalue weighted by Crippen LogP contribution is 2.19. The number of likely N-dealkylation sites (tertiary alicyclic amines) is 2. The van der Waals surface area contributed by atoms with Crippen molar-refractivity contribution in [3.63, 3.8) is 0 Å². The van der Waals surface area contributed by atoms with Crippen LogP contribution in [-0.4, -0.2) is 66.5 Å². The van der Waals surface area contributed by atoms with Crippen LogP contribution in [0.4, 0.5) is 4.39 Å².